The standard InChI is InChI=1S/C22H33N5O/c1-3-28-20-11-5-4-9-18(20)15-27-14-8-10-19(16-27)22-24-23-21(25(22)2)17-26-12-6-7-13-26/h4-5,9,11,19H,3,6-8,10,12-17H2,1-2H3. The van der Waals surface area contributed by atoms with E-state index >= 15 is 0 Å². The molecule has 0 bridgehead atoms. The Balaban J connectivity index is 1.42. The van der Waals surface area contributed by atoms with Gasteiger partial charge in [0.1, 0.15) is 17.4 Å². The number of hydrogen-bond donors (Lipinski definition) is 0. The number of likely N-dealkylation sites (tertiary alicyclic amines) is 2. The first-order valence-electron chi connectivity index (χ1n) is 10.8. The molecule has 28 heavy (non-hydrogen) atoms. The van der Waals surface area contributed by atoms with E-state index < -0.39 is 0 Å². The Morgan fingerprint density at radius 2 is 1.79 bits per heavy atom. The third-order valence-electron chi connectivity index (χ3n) is 6.10. The summed E-state index contributed by atoms with van der Waals surface area (Å²) in [6, 6.07) is 8.42. The minimum absolute atomic E-state index is 0.456. The van der Waals surface area contributed by atoms with Crippen LogP contribution >= 0.6 is 0 Å². The lowest BCUT2D eigenvalue weighted by Gasteiger charge is -2.32. The molecule has 6 nitrogen and oxygen atoms in total. The Bertz CT molecular complexity index is 768. The summed E-state index contributed by atoms with van der Waals surface area (Å²) in [6.07, 6.45) is 5.02. The van der Waals surface area contributed by atoms with Crippen LogP contribution in [0.25, 0.3) is 0 Å². The second-order valence-electron chi connectivity index (χ2n) is 8.13. The first-order chi connectivity index (χ1) is 13.7. The van der Waals surface area contributed by atoms with E-state index in [1.54, 1.807) is 0 Å². The van der Waals surface area contributed by atoms with Crippen LogP contribution in [0.2, 0.25) is 0 Å². The van der Waals surface area contributed by atoms with Gasteiger partial charge in [0.25, 0.3) is 0 Å². The van der Waals surface area contributed by atoms with Crippen LogP contribution < -0.4 is 4.74 Å². The number of para-hydroxylation sites is 1. The van der Waals surface area contributed by atoms with Crippen molar-refractivity contribution in [2.24, 2.45) is 7.05 Å². The van der Waals surface area contributed by atoms with Gasteiger partial charge in [-0.1, -0.05) is 18.2 Å². The molecule has 0 spiro atoms. The number of ether oxygens (including phenoxy) is 1. The van der Waals surface area contributed by atoms with Crippen molar-refractivity contribution in [1.29, 1.82) is 0 Å². The SMILES string of the molecule is CCOc1ccccc1CN1CCCC(c2nnc(CN3CCCC3)n2C)C1. The molecule has 0 N–H and O–H groups in total. The van der Waals surface area contributed by atoms with Crippen molar-refractivity contribution in [2.45, 2.75) is 51.6 Å². The molecule has 152 valence electrons. The Morgan fingerprint density at radius 3 is 2.61 bits per heavy atom. The molecule has 4 rings (SSSR count). The summed E-state index contributed by atoms with van der Waals surface area (Å²) >= 11 is 0. The van der Waals surface area contributed by atoms with Crippen molar-refractivity contribution < 1.29 is 4.74 Å². The van der Waals surface area contributed by atoms with Gasteiger partial charge in [0.15, 0.2) is 0 Å². The number of rotatable bonds is 7. The molecule has 2 aliphatic heterocycles. The fourth-order valence-corrected chi connectivity index (χ4v) is 4.59. The minimum Gasteiger partial charge on any atom is -0.494 e. The maximum atomic E-state index is 5.82. The number of nitrogens with zero attached hydrogens (tertiary/aromatic N) is 5. The van der Waals surface area contributed by atoms with E-state index in [1.165, 1.54) is 44.3 Å². The van der Waals surface area contributed by atoms with Crippen LogP contribution in [0, 0.1) is 0 Å². The lowest BCUT2D eigenvalue weighted by atomic mass is 9.96. The Labute approximate surface area is 168 Å². The van der Waals surface area contributed by atoms with Crippen LogP contribution in [0.1, 0.15) is 55.7 Å². The molecule has 2 aliphatic rings. The highest BCUT2D eigenvalue weighted by molar-refractivity contribution is 5.33. The van der Waals surface area contributed by atoms with Gasteiger partial charge in [-0.2, -0.15) is 0 Å². The summed E-state index contributed by atoms with van der Waals surface area (Å²) in [5, 5.41) is 9.14. The highest BCUT2D eigenvalue weighted by Gasteiger charge is 2.27. The quantitative estimate of drug-likeness (QED) is 0.735. The lowest BCUT2D eigenvalue weighted by Crippen LogP contribution is -2.35. The van der Waals surface area contributed by atoms with Crippen LogP contribution in [0.5, 0.6) is 5.75 Å². The molecule has 6 heteroatoms. The van der Waals surface area contributed by atoms with Crippen LogP contribution in [-0.2, 0) is 20.1 Å². The predicted molar refractivity (Wildman–Crippen MR) is 110 cm³/mol. The lowest BCUT2D eigenvalue weighted by molar-refractivity contribution is 0.192. The smallest absolute Gasteiger partial charge is 0.146 e. The van der Waals surface area contributed by atoms with Crippen molar-refractivity contribution in [3.05, 3.63) is 41.5 Å². The van der Waals surface area contributed by atoms with Crippen molar-refractivity contribution in [1.82, 2.24) is 24.6 Å². The van der Waals surface area contributed by atoms with Gasteiger partial charge in [0, 0.05) is 31.6 Å². The van der Waals surface area contributed by atoms with Crippen LogP contribution in [-0.4, -0.2) is 57.4 Å². The molecule has 1 atom stereocenters. The zero-order valence-corrected chi connectivity index (χ0v) is 17.3. The summed E-state index contributed by atoms with van der Waals surface area (Å²) in [5.41, 5.74) is 1.28. The molecule has 1 unspecified atom stereocenters. The maximum absolute atomic E-state index is 5.82. The first-order valence-corrected chi connectivity index (χ1v) is 10.8. The fraction of sp³-hybridized carbons (Fsp3) is 0.636. The summed E-state index contributed by atoms with van der Waals surface area (Å²) in [7, 11) is 2.14. The molecule has 2 saturated heterocycles. The zero-order chi connectivity index (χ0) is 19.3. The number of benzene rings is 1. The molecule has 2 aromatic rings. The predicted octanol–water partition coefficient (Wildman–Crippen LogP) is 3.19. The Hall–Kier alpha value is -1.92. The van der Waals surface area contributed by atoms with Crippen LogP contribution in [0.3, 0.4) is 0 Å². The highest BCUT2D eigenvalue weighted by atomic mass is 16.5. The topological polar surface area (TPSA) is 46.4 Å². The molecule has 0 saturated carbocycles. The maximum Gasteiger partial charge on any atom is 0.146 e. The van der Waals surface area contributed by atoms with Gasteiger partial charge in [-0.3, -0.25) is 9.80 Å². The zero-order valence-electron chi connectivity index (χ0n) is 17.3. The van der Waals surface area contributed by atoms with Gasteiger partial charge >= 0.3 is 0 Å². The van der Waals surface area contributed by atoms with Gasteiger partial charge in [0.2, 0.25) is 0 Å². The molecule has 1 aromatic carbocycles. The summed E-state index contributed by atoms with van der Waals surface area (Å²) in [5.74, 6) is 3.73. The molecular weight excluding hydrogens is 350 g/mol. The van der Waals surface area contributed by atoms with E-state index in [9.17, 15) is 0 Å². The average molecular weight is 384 g/mol. The van der Waals surface area contributed by atoms with E-state index in [4.69, 9.17) is 4.74 Å². The molecule has 2 fully saturated rings. The molecular formula is C22H33N5O. The third kappa shape index (κ3) is 4.39. The number of hydrogen-bond acceptors (Lipinski definition) is 5. The van der Waals surface area contributed by atoms with Crippen molar-refractivity contribution in [3.8, 4) is 5.75 Å². The van der Waals surface area contributed by atoms with Gasteiger partial charge < -0.3 is 9.30 Å². The summed E-state index contributed by atoms with van der Waals surface area (Å²) in [6.45, 7) is 9.18. The Morgan fingerprint density at radius 1 is 1.00 bits per heavy atom. The van der Waals surface area contributed by atoms with E-state index in [2.05, 4.69) is 55.9 Å². The molecule has 3 heterocycles. The van der Waals surface area contributed by atoms with Gasteiger partial charge in [-0.05, 0) is 58.3 Å². The van der Waals surface area contributed by atoms with E-state index in [0.29, 0.717) is 12.5 Å². The third-order valence-corrected chi connectivity index (χ3v) is 6.10. The van der Waals surface area contributed by atoms with E-state index in [1.807, 2.05) is 6.92 Å². The first kappa shape index (κ1) is 19.4. The molecule has 1 aromatic heterocycles. The largest absolute Gasteiger partial charge is 0.494 e. The Kier molecular flexibility index (Phi) is 6.27. The average Bonchev–Trinajstić information content (AvgIpc) is 3.35. The monoisotopic (exact) mass is 383 g/mol. The van der Waals surface area contributed by atoms with Crippen molar-refractivity contribution >= 4 is 0 Å². The number of aromatic nitrogens is 3. The molecule has 0 radical (unpaired) electrons. The van der Waals surface area contributed by atoms with Gasteiger partial charge in [-0.25, -0.2) is 0 Å². The molecule has 0 amide bonds. The minimum atomic E-state index is 0.456. The fourth-order valence-electron chi connectivity index (χ4n) is 4.59. The number of piperidine rings is 1. The van der Waals surface area contributed by atoms with E-state index in [0.717, 1.165) is 43.6 Å². The second kappa shape index (κ2) is 9.05. The normalized spacial score (nSPS) is 21.3. The van der Waals surface area contributed by atoms with E-state index in [-0.39, 0.29) is 0 Å². The highest BCUT2D eigenvalue weighted by Crippen LogP contribution is 2.29. The van der Waals surface area contributed by atoms with Gasteiger partial charge in [-0.15, -0.1) is 10.2 Å². The second-order valence-corrected chi connectivity index (χ2v) is 8.13. The summed E-state index contributed by atoms with van der Waals surface area (Å²) in [4.78, 5) is 5.03. The van der Waals surface area contributed by atoms with Crippen molar-refractivity contribution in [2.75, 3.05) is 32.8 Å². The van der Waals surface area contributed by atoms with Crippen LogP contribution in [0.4, 0.5) is 0 Å². The van der Waals surface area contributed by atoms with Crippen molar-refractivity contribution in [3.63, 3.8) is 0 Å². The van der Waals surface area contributed by atoms with Gasteiger partial charge in [0.05, 0.1) is 13.2 Å². The summed E-state index contributed by atoms with van der Waals surface area (Å²) < 4.78 is 8.07. The molecule has 0 aliphatic carbocycles. The van der Waals surface area contributed by atoms with Crippen LogP contribution in [0.15, 0.2) is 24.3 Å².